The average Bonchev–Trinajstić information content (AvgIpc) is 2.94. The second-order valence-electron chi connectivity index (χ2n) is 4.36. The molecule has 1 aromatic heterocycles. The Balaban J connectivity index is 1.64. The van der Waals surface area contributed by atoms with Gasteiger partial charge in [0.15, 0.2) is 0 Å². The summed E-state index contributed by atoms with van der Waals surface area (Å²) in [6, 6.07) is 1.36. The minimum atomic E-state index is 0.523. The lowest BCUT2D eigenvalue weighted by Gasteiger charge is -2.11. The van der Waals surface area contributed by atoms with Crippen LogP contribution in [0.25, 0.3) is 0 Å². The van der Waals surface area contributed by atoms with Crippen LogP contribution in [0.5, 0.6) is 0 Å². The minimum Gasteiger partial charge on any atom is -0.314 e. The highest BCUT2D eigenvalue weighted by Gasteiger charge is 2.19. The lowest BCUT2D eigenvalue weighted by atomic mass is 10.2. The number of nitrogens with zero attached hydrogens (tertiary/aromatic N) is 2. The van der Waals surface area contributed by atoms with Crippen LogP contribution >= 0.6 is 22.6 Å². The molecule has 0 radical (unpaired) electrons. The first-order chi connectivity index (χ1) is 7.25. The maximum Gasteiger partial charge on any atom is 0.0623 e. The van der Waals surface area contributed by atoms with Crippen molar-refractivity contribution < 1.29 is 0 Å². The molecule has 1 aliphatic carbocycles. The summed E-state index contributed by atoms with van der Waals surface area (Å²) >= 11 is 2.30. The quantitative estimate of drug-likeness (QED) is 0.645. The first-order valence-electron chi connectivity index (χ1n) is 5.69. The zero-order valence-electron chi connectivity index (χ0n) is 9.12. The van der Waals surface area contributed by atoms with E-state index in [0.717, 1.165) is 12.6 Å². The molecule has 0 amide bonds. The number of rotatable bonds is 6. The van der Waals surface area contributed by atoms with Crippen molar-refractivity contribution in [2.75, 3.05) is 6.54 Å². The zero-order chi connectivity index (χ0) is 10.7. The molecule has 15 heavy (non-hydrogen) atoms. The number of hydrogen-bond acceptors (Lipinski definition) is 2. The van der Waals surface area contributed by atoms with Crippen molar-refractivity contribution >= 4 is 22.6 Å². The summed E-state index contributed by atoms with van der Waals surface area (Å²) in [5, 5.41) is 7.87. The van der Waals surface area contributed by atoms with E-state index in [4.69, 9.17) is 0 Å². The minimum absolute atomic E-state index is 0.523. The average molecular weight is 319 g/mol. The van der Waals surface area contributed by atoms with Gasteiger partial charge in [-0.3, -0.25) is 4.68 Å². The lowest BCUT2D eigenvalue weighted by molar-refractivity contribution is 0.438. The summed E-state index contributed by atoms with van der Waals surface area (Å²) < 4.78 is 3.29. The lowest BCUT2D eigenvalue weighted by Crippen LogP contribution is -2.18. The van der Waals surface area contributed by atoms with Crippen LogP contribution < -0.4 is 5.32 Å². The zero-order valence-corrected chi connectivity index (χ0v) is 11.3. The molecular weight excluding hydrogens is 301 g/mol. The Hall–Kier alpha value is -0.100. The number of halogens is 1. The van der Waals surface area contributed by atoms with E-state index >= 15 is 0 Å². The molecule has 0 saturated heterocycles. The van der Waals surface area contributed by atoms with Crippen LogP contribution in [0.4, 0.5) is 0 Å². The molecule has 2 rings (SSSR count). The molecule has 1 aromatic rings. The van der Waals surface area contributed by atoms with Crippen molar-refractivity contribution in [3.05, 3.63) is 16.0 Å². The molecule has 84 valence electrons. The fourth-order valence-corrected chi connectivity index (χ4v) is 2.09. The van der Waals surface area contributed by atoms with E-state index in [2.05, 4.69) is 50.8 Å². The van der Waals surface area contributed by atoms with Crippen molar-refractivity contribution in [3.63, 3.8) is 0 Å². The van der Waals surface area contributed by atoms with Crippen molar-refractivity contribution in [2.24, 2.45) is 0 Å². The number of nitrogens with one attached hydrogen (secondary N) is 1. The Morgan fingerprint density at radius 2 is 2.47 bits per heavy atom. The van der Waals surface area contributed by atoms with Gasteiger partial charge in [-0.05, 0) is 61.7 Å². The monoisotopic (exact) mass is 319 g/mol. The van der Waals surface area contributed by atoms with Crippen molar-refractivity contribution in [1.29, 1.82) is 0 Å². The Morgan fingerprint density at radius 1 is 1.67 bits per heavy atom. The molecule has 4 heteroatoms. The van der Waals surface area contributed by atoms with Gasteiger partial charge in [0.25, 0.3) is 0 Å². The Bertz CT molecular complexity index is 307. The molecule has 3 nitrogen and oxygen atoms in total. The third-order valence-corrected chi connectivity index (χ3v) is 3.39. The molecule has 1 heterocycles. The van der Waals surface area contributed by atoms with Gasteiger partial charge in [0.2, 0.25) is 0 Å². The fourth-order valence-electron chi connectivity index (χ4n) is 1.68. The highest BCUT2D eigenvalue weighted by Crippen LogP contribution is 2.19. The highest BCUT2D eigenvalue weighted by atomic mass is 127. The second-order valence-corrected chi connectivity index (χ2v) is 5.60. The first-order valence-corrected chi connectivity index (χ1v) is 6.76. The maximum atomic E-state index is 4.33. The summed E-state index contributed by atoms with van der Waals surface area (Å²) in [4.78, 5) is 0. The van der Waals surface area contributed by atoms with Crippen molar-refractivity contribution in [2.45, 2.75) is 44.7 Å². The predicted octanol–water partition coefficient (Wildman–Crippen LogP) is 2.58. The summed E-state index contributed by atoms with van der Waals surface area (Å²) in [6.07, 6.45) is 9.24. The number of aromatic nitrogens is 2. The predicted molar refractivity (Wildman–Crippen MR) is 69.9 cm³/mol. The second kappa shape index (κ2) is 5.30. The third-order valence-electron chi connectivity index (χ3n) is 2.83. The molecule has 1 saturated carbocycles. The van der Waals surface area contributed by atoms with Crippen LogP contribution in [-0.2, 0) is 0 Å². The molecule has 1 aliphatic rings. The van der Waals surface area contributed by atoms with E-state index in [-0.39, 0.29) is 0 Å². The van der Waals surface area contributed by atoms with Gasteiger partial charge in [0, 0.05) is 18.3 Å². The van der Waals surface area contributed by atoms with Crippen molar-refractivity contribution in [3.8, 4) is 0 Å². The van der Waals surface area contributed by atoms with Gasteiger partial charge in [-0.2, -0.15) is 5.10 Å². The van der Waals surface area contributed by atoms with Gasteiger partial charge < -0.3 is 5.32 Å². The van der Waals surface area contributed by atoms with Crippen molar-refractivity contribution in [1.82, 2.24) is 15.1 Å². The maximum absolute atomic E-state index is 4.33. The summed E-state index contributed by atoms with van der Waals surface area (Å²) in [7, 11) is 0. The smallest absolute Gasteiger partial charge is 0.0623 e. The molecule has 1 atom stereocenters. The van der Waals surface area contributed by atoms with E-state index in [0.29, 0.717) is 6.04 Å². The molecule has 0 aliphatic heterocycles. The highest BCUT2D eigenvalue weighted by molar-refractivity contribution is 14.1. The van der Waals surface area contributed by atoms with E-state index < -0.39 is 0 Å². The summed E-state index contributed by atoms with van der Waals surface area (Å²) in [5.41, 5.74) is 0. The van der Waals surface area contributed by atoms with Crippen LogP contribution in [0.2, 0.25) is 0 Å². The van der Waals surface area contributed by atoms with Crippen LogP contribution in [0.1, 0.15) is 38.6 Å². The van der Waals surface area contributed by atoms with Crippen LogP contribution in [0.15, 0.2) is 12.4 Å². The Kier molecular flexibility index (Phi) is 4.02. The van der Waals surface area contributed by atoms with Crippen LogP contribution in [-0.4, -0.2) is 22.4 Å². The van der Waals surface area contributed by atoms with Gasteiger partial charge in [-0.15, -0.1) is 0 Å². The molecule has 0 bridgehead atoms. The van der Waals surface area contributed by atoms with Crippen LogP contribution in [0.3, 0.4) is 0 Å². The molecule has 0 spiro atoms. The van der Waals surface area contributed by atoms with Gasteiger partial charge in [-0.1, -0.05) is 0 Å². The Morgan fingerprint density at radius 3 is 3.07 bits per heavy atom. The van der Waals surface area contributed by atoms with Gasteiger partial charge >= 0.3 is 0 Å². The molecular formula is C11H18IN3. The standard InChI is InChI=1S/C11H18IN3/c1-9(15-8-10(12)7-14-15)3-2-6-13-11-4-5-11/h7-9,11,13H,2-6H2,1H3. The van der Waals surface area contributed by atoms with E-state index in [1.165, 1.54) is 29.3 Å². The molecule has 1 fully saturated rings. The molecule has 1 unspecified atom stereocenters. The first kappa shape index (κ1) is 11.4. The summed E-state index contributed by atoms with van der Waals surface area (Å²) in [5.74, 6) is 0. The third kappa shape index (κ3) is 3.75. The topological polar surface area (TPSA) is 29.9 Å². The molecule has 0 aromatic carbocycles. The largest absolute Gasteiger partial charge is 0.314 e. The van der Waals surface area contributed by atoms with Gasteiger partial charge in [0.05, 0.1) is 9.77 Å². The Labute approximate surface area is 105 Å². The van der Waals surface area contributed by atoms with Gasteiger partial charge in [0.1, 0.15) is 0 Å². The van der Waals surface area contributed by atoms with E-state index in [1.54, 1.807) is 0 Å². The fraction of sp³-hybridized carbons (Fsp3) is 0.727. The van der Waals surface area contributed by atoms with E-state index in [9.17, 15) is 0 Å². The van der Waals surface area contributed by atoms with E-state index in [1.807, 2.05) is 6.20 Å². The summed E-state index contributed by atoms with van der Waals surface area (Å²) in [6.45, 7) is 3.40. The van der Waals surface area contributed by atoms with Crippen LogP contribution in [0, 0.1) is 3.57 Å². The van der Waals surface area contributed by atoms with Gasteiger partial charge in [-0.25, -0.2) is 0 Å². The normalized spacial score (nSPS) is 18.0. The SMILES string of the molecule is CC(CCCNC1CC1)n1cc(I)cn1. The number of hydrogen-bond donors (Lipinski definition) is 1. The molecule has 1 N–H and O–H groups in total.